The van der Waals surface area contributed by atoms with E-state index in [9.17, 15) is 4.79 Å². The number of nitrogens with one attached hydrogen (secondary N) is 1. The zero-order chi connectivity index (χ0) is 14.7. The van der Waals surface area contributed by atoms with Crippen LogP contribution in [0.5, 0.6) is 0 Å². The number of rotatable bonds is 4. The van der Waals surface area contributed by atoms with Gasteiger partial charge < -0.3 is 9.88 Å². The Bertz CT molecular complexity index is 795. The molecule has 1 aromatic heterocycles. The minimum atomic E-state index is 0.0670. The molecular weight excluding hydrogens is 260 g/mol. The molecule has 0 aliphatic carbocycles. The number of nitrogens with zero attached hydrogens (tertiary/aromatic N) is 1. The quantitative estimate of drug-likeness (QED) is 0.854. The summed E-state index contributed by atoms with van der Waals surface area (Å²) in [5.74, 6) is 0.0670. The van der Waals surface area contributed by atoms with Crippen molar-refractivity contribution in [3.63, 3.8) is 0 Å². The second-order valence-corrected chi connectivity index (χ2v) is 5.23. The Labute approximate surface area is 123 Å². The van der Waals surface area contributed by atoms with Crippen LogP contribution in [0.15, 0.2) is 42.6 Å². The molecule has 0 bridgehead atoms. The van der Waals surface area contributed by atoms with E-state index >= 15 is 0 Å². The van der Waals surface area contributed by atoms with E-state index in [2.05, 4.69) is 46.6 Å². The second kappa shape index (κ2) is 5.83. The molecule has 1 aliphatic rings. The molecule has 106 valence electrons. The van der Waals surface area contributed by atoms with Gasteiger partial charge in [-0.2, -0.15) is 0 Å². The van der Waals surface area contributed by atoms with E-state index in [0.29, 0.717) is 0 Å². The molecule has 0 radical (unpaired) electrons. The molecule has 1 aliphatic heterocycles. The predicted octanol–water partition coefficient (Wildman–Crippen LogP) is 1.26. The Morgan fingerprint density at radius 3 is 2.86 bits per heavy atom. The smallest absolute Gasteiger partial charge is 0.152 e. The van der Waals surface area contributed by atoms with Gasteiger partial charge in [0.15, 0.2) is 5.78 Å². The summed E-state index contributed by atoms with van der Waals surface area (Å²) in [5.41, 5.74) is 2.29. The second-order valence-electron chi connectivity index (χ2n) is 5.23. The molecule has 0 spiro atoms. The summed E-state index contributed by atoms with van der Waals surface area (Å²) in [6.07, 6.45) is 9.82. The van der Waals surface area contributed by atoms with Crippen LogP contribution in [-0.2, 0) is 11.3 Å². The van der Waals surface area contributed by atoms with Gasteiger partial charge in [-0.1, -0.05) is 36.4 Å². The normalized spacial score (nSPS) is 13.2. The van der Waals surface area contributed by atoms with Gasteiger partial charge in [-0.3, -0.25) is 4.79 Å². The van der Waals surface area contributed by atoms with E-state index < -0.39 is 0 Å². The van der Waals surface area contributed by atoms with Gasteiger partial charge in [0.25, 0.3) is 0 Å². The van der Waals surface area contributed by atoms with Crippen LogP contribution in [0.3, 0.4) is 0 Å². The lowest BCUT2D eigenvalue weighted by atomic mass is 10.1. The maximum absolute atomic E-state index is 10.9. The van der Waals surface area contributed by atoms with Crippen LogP contribution in [0, 0.1) is 0 Å². The first kappa shape index (κ1) is 13.4. The number of ketones is 1. The van der Waals surface area contributed by atoms with Crippen molar-refractivity contribution in [3.05, 3.63) is 64.3 Å². The molecule has 0 saturated heterocycles. The van der Waals surface area contributed by atoms with E-state index in [0.717, 1.165) is 18.7 Å². The fourth-order valence-electron chi connectivity index (χ4n) is 2.45. The number of carbonyl (C=O) groups excluding carboxylic acids is 1. The number of allylic oxidation sites excluding steroid dienone is 1. The molecule has 2 heterocycles. The van der Waals surface area contributed by atoms with Crippen LogP contribution < -0.4 is 15.9 Å². The average molecular weight is 278 g/mol. The molecule has 2 aromatic rings. The predicted molar refractivity (Wildman–Crippen MR) is 85.9 cm³/mol. The lowest BCUT2D eigenvalue weighted by molar-refractivity contribution is -0.112. The Kier molecular flexibility index (Phi) is 3.73. The van der Waals surface area contributed by atoms with Crippen molar-refractivity contribution in [1.82, 2.24) is 9.88 Å². The summed E-state index contributed by atoms with van der Waals surface area (Å²) in [6.45, 7) is 3.30. The molecule has 0 amide bonds. The van der Waals surface area contributed by atoms with Gasteiger partial charge in [0, 0.05) is 25.5 Å². The van der Waals surface area contributed by atoms with Gasteiger partial charge in [-0.25, -0.2) is 0 Å². The largest absolute Gasteiger partial charge is 0.386 e. The lowest BCUT2D eigenvalue weighted by Gasteiger charge is -2.07. The van der Waals surface area contributed by atoms with Crippen LogP contribution >= 0.6 is 0 Å². The highest BCUT2D eigenvalue weighted by Gasteiger charge is 2.01. The van der Waals surface area contributed by atoms with E-state index in [4.69, 9.17) is 0 Å². The van der Waals surface area contributed by atoms with Gasteiger partial charge in [-0.15, -0.1) is 0 Å². The van der Waals surface area contributed by atoms with Crippen molar-refractivity contribution in [2.75, 3.05) is 6.54 Å². The highest BCUT2D eigenvalue weighted by molar-refractivity contribution is 5.91. The van der Waals surface area contributed by atoms with E-state index in [1.807, 2.05) is 18.2 Å². The Morgan fingerprint density at radius 2 is 2.10 bits per heavy atom. The summed E-state index contributed by atoms with van der Waals surface area (Å²) >= 11 is 0. The molecule has 0 unspecified atom stereocenters. The van der Waals surface area contributed by atoms with Crippen molar-refractivity contribution >= 4 is 24.1 Å². The van der Waals surface area contributed by atoms with E-state index in [1.54, 1.807) is 13.0 Å². The van der Waals surface area contributed by atoms with Crippen molar-refractivity contribution in [1.29, 1.82) is 0 Å². The molecule has 1 N–H and O–H groups in total. The first-order valence-electron chi connectivity index (χ1n) is 7.09. The van der Waals surface area contributed by atoms with Gasteiger partial charge in [-0.05, 0) is 35.4 Å². The Balaban J connectivity index is 1.80. The van der Waals surface area contributed by atoms with Crippen LogP contribution in [0.25, 0.3) is 18.4 Å². The summed E-state index contributed by atoms with van der Waals surface area (Å²) in [6, 6.07) is 10.4. The molecule has 0 saturated carbocycles. The van der Waals surface area contributed by atoms with Crippen molar-refractivity contribution in [2.45, 2.75) is 13.5 Å². The lowest BCUT2D eigenvalue weighted by Crippen LogP contribution is -2.36. The van der Waals surface area contributed by atoms with Crippen LogP contribution in [0.1, 0.15) is 18.1 Å². The van der Waals surface area contributed by atoms with Crippen molar-refractivity contribution < 1.29 is 4.79 Å². The third-order valence-electron chi connectivity index (χ3n) is 3.56. The number of aromatic nitrogens is 1. The summed E-state index contributed by atoms with van der Waals surface area (Å²) in [4.78, 5) is 10.9. The molecule has 21 heavy (non-hydrogen) atoms. The van der Waals surface area contributed by atoms with Gasteiger partial charge in [0.2, 0.25) is 0 Å². The minimum absolute atomic E-state index is 0.0670. The van der Waals surface area contributed by atoms with Crippen LogP contribution in [-0.4, -0.2) is 16.9 Å². The van der Waals surface area contributed by atoms with E-state index in [1.165, 1.54) is 16.1 Å². The minimum Gasteiger partial charge on any atom is -0.386 e. The highest BCUT2D eigenvalue weighted by atomic mass is 16.1. The van der Waals surface area contributed by atoms with Crippen molar-refractivity contribution in [2.24, 2.45) is 0 Å². The molecule has 3 nitrogen and oxygen atoms in total. The van der Waals surface area contributed by atoms with Crippen LogP contribution in [0.4, 0.5) is 0 Å². The number of fused-ring (bicyclic) bond motifs is 1. The van der Waals surface area contributed by atoms with Crippen molar-refractivity contribution in [3.8, 4) is 0 Å². The fourth-order valence-corrected chi connectivity index (χ4v) is 2.45. The number of benzene rings is 1. The van der Waals surface area contributed by atoms with Gasteiger partial charge in [0.1, 0.15) is 0 Å². The first-order chi connectivity index (χ1) is 10.2. The molecule has 0 atom stereocenters. The Hall–Kier alpha value is -2.55. The average Bonchev–Trinajstić information content (AvgIpc) is 2.90. The summed E-state index contributed by atoms with van der Waals surface area (Å²) in [7, 11) is 0. The molecule has 1 aromatic carbocycles. The highest BCUT2D eigenvalue weighted by Crippen LogP contribution is 2.07. The molecular formula is C18H18N2O. The van der Waals surface area contributed by atoms with E-state index in [-0.39, 0.29) is 5.78 Å². The SMILES string of the molecule is CC(=O)/C=C/c1ccc(Cn2ccc3c2=CNCC=3)cc1. The first-order valence-corrected chi connectivity index (χ1v) is 7.09. The summed E-state index contributed by atoms with van der Waals surface area (Å²) < 4.78 is 2.23. The maximum atomic E-state index is 10.9. The zero-order valence-corrected chi connectivity index (χ0v) is 12.0. The third-order valence-corrected chi connectivity index (χ3v) is 3.56. The maximum Gasteiger partial charge on any atom is 0.152 e. The standard InChI is InChI=1S/C18H18N2O/c1-14(21)2-3-15-4-6-16(7-5-15)13-20-11-9-17-8-10-19-12-18(17)20/h2-9,11-12,19H,10,13H2,1H3/b3-2+. The summed E-state index contributed by atoms with van der Waals surface area (Å²) in [5, 5.41) is 5.76. The number of hydrogen-bond donors (Lipinski definition) is 1. The molecule has 3 rings (SSSR count). The third kappa shape index (κ3) is 3.14. The monoisotopic (exact) mass is 278 g/mol. The molecule has 3 heteroatoms. The van der Waals surface area contributed by atoms with Gasteiger partial charge in [0.05, 0.1) is 5.35 Å². The van der Waals surface area contributed by atoms with Crippen LogP contribution in [0.2, 0.25) is 0 Å². The topological polar surface area (TPSA) is 34.0 Å². The number of hydrogen-bond acceptors (Lipinski definition) is 2. The number of carbonyl (C=O) groups is 1. The fraction of sp³-hybridized carbons (Fsp3) is 0.167. The molecule has 0 fully saturated rings. The van der Waals surface area contributed by atoms with Gasteiger partial charge >= 0.3 is 0 Å². The Morgan fingerprint density at radius 1 is 1.29 bits per heavy atom. The zero-order valence-electron chi connectivity index (χ0n) is 12.0.